The van der Waals surface area contributed by atoms with Crippen molar-refractivity contribution in [1.82, 2.24) is 15.5 Å². The maximum Gasteiger partial charge on any atom is 0.221 e. The van der Waals surface area contributed by atoms with Gasteiger partial charge in [-0.25, -0.2) is 0 Å². The number of nitrogens with zero attached hydrogens (tertiary/aromatic N) is 1. The number of rotatable bonds is 6. The lowest BCUT2D eigenvalue weighted by Crippen LogP contribution is -2.45. The van der Waals surface area contributed by atoms with Crippen LogP contribution in [0.5, 0.6) is 0 Å². The molecule has 5 heteroatoms. The number of carbonyl (C=O) groups excluding carboxylic acids is 1. The highest BCUT2D eigenvalue weighted by Crippen LogP contribution is 2.00. The molecular weight excluding hydrogens is 218 g/mol. The molecule has 2 atom stereocenters. The third-order valence-electron chi connectivity index (χ3n) is 2.85. The maximum atomic E-state index is 11.7. The Morgan fingerprint density at radius 2 is 2.35 bits per heavy atom. The number of morpholine rings is 1. The molecule has 0 saturated carbocycles. The SMILES string of the molecule is CC(CCN(C)C)NC(=O)CC1COCCN1. The normalized spacial score (nSPS) is 22.5. The second-order valence-corrected chi connectivity index (χ2v) is 4.99. The van der Waals surface area contributed by atoms with Crippen LogP contribution in [0.4, 0.5) is 0 Å². The molecule has 17 heavy (non-hydrogen) atoms. The van der Waals surface area contributed by atoms with E-state index in [0.29, 0.717) is 13.0 Å². The number of carbonyl (C=O) groups is 1. The van der Waals surface area contributed by atoms with Crippen LogP contribution in [0.3, 0.4) is 0 Å². The molecule has 1 rings (SSSR count). The van der Waals surface area contributed by atoms with Crippen molar-refractivity contribution in [2.24, 2.45) is 0 Å². The van der Waals surface area contributed by atoms with Gasteiger partial charge in [-0.1, -0.05) is 0 Å². The van der Waals surface area contributed by atoms with E-state index in [0.717, 1.165) is 26.1 Å². The van der Waals surface area contributed by atoms with E-state index in [1.165, 1.54) is 0 Å². The Kier molecular flexibility index (Phi) is 6.47. The van der Waals surface area contributed by atoms with Crippen LogP contribution >= 0.6 is 0 Å². The summed E-state index contributed by atoms with van der Waals surface area (Å²) in [7, 11) is 4.08. The smallest absolute Gasteiger partial charge is 0.221 e. The van der Waals surface area contributed by atoms with Gasteiger partial charge in [0, 0.05) is 25.0 Å². The lowest BCUT2D eigenvalue weighted by Gasteiger charge is -2.24. The number of ether oxygens (including phenoxy) is 1. The molecule has 2 unspecified atom stereocenters. The summed E-state index contributed by atoms with van der Waals surface area (Å²) in [5.74, 6) is 0.110. The first-order valence-corrected chi connectivity index (χ1v) is 6.33. The van der Waals surface area contributed by atoms with Gasteiger partial charge in [0.25, 0.3) is 0 Å². The minimum Gasteiger partial charge on any atom is -0.378 e. The van der Waals surface area contributed by atoms with Gasteiger partial charge in [-0.15, -0.1) is 0 Å². The van der Waals surface area contributed by atoms with E-state index in [1.807, 2.05) is 21.0 Å². The van der Waals surface area contributed by atoms with Crippen LogP contribution in [0.2, 0.25) is 0 Å². The lowest BCUT2D eigenvalue weighted by molar-refractivity contribution is -0.122. The highest BCUT2D eigenvalue weighted by atomic mass is 16.5. The van der Waals surface area contributed by atoms with Crippen molar-refractivity contribution >= 4 is 5.91 Å². The minimum atomic E-state index is 0.110. The standard InChI is InChI=1S/C12H25N3O2/c1-10(4-6-15(2)3)14-12(16)8-11-9-17-7-5-13-11/h10-11,13H,4-9H2,1-3H3,(H,14,16). The van der Waals surface area contributed by atoms with Gasteiger partial charge >= 0.3 is 0 Å². The van der Waals surface area contributed by atoms with E-state index in [1.54, 1.807) is 0 Å². The van der Waals surface area contributed by atoms with E-state index in [-0.39, 0.29) is 18.0 Å². The molecule has 0 spiro atoms. The van der Waals surface area contributed by atoms with Gasteiger partial charge in [0.15, 0.2) is 0 Å². The molecule has 0 aromatic rings. The molecule has 1 aliphatic heterocycles. The molecule has 0 aliphatic carbocycles. The molecule has 100 valence electrons. The molecule has 0 aromatic carbocycles. The van der Waals surface area contributed by atoms with Gasteiger partial charge in [-0.05, 0) is 34.0 Å². The fourth-order valence-electron chi connectivity index (χ4n) is 1.83. The van der Waals surface area contributed by atoms with E-state index in [2.05, 4.69) is 15.5 Å². The van der Waals surface area contributed by atoms with Crippen molar-refractivity contribution in [3.8, 4) is 0 Å². The summed E-state index contributed by atoms with van der Waals surface area (Å²) in [6.07, 6.45) is 1.49. The van der Waals surface area contributed by atoms with Crippen molar-refractivity contribution in [2.75, 3.05) is 40.4 Å². The fraction of sp³-hybridized carbons (Fsp3) is 0.917. The topological polar surface area (TPSA) is 53.6 Å². The third-order valence-corrected chi connectivity index (χ3v) is 2.85. The second kappa shape index (κ2) is 7.63. The predicted molar refractivity (Wildman–Crippen MR) is 68.0 cm³/mol. The van der Waals surface area contributed by atoms with Crippen LogP contribution in [0.15, 0.2) is 0 Å². The first-order valence-electron chi connectivity index (χ1n) is 6.33. The molecule has 1 saturated heterocycles. The predicted octanol–water partition coefficient (Wildman–Crippen LogP) is -0.179. The van der Waals surface area contributed by atoms with Crippen molar-refractivity contribution < 1.29 is 9.53 Å². The highest BCUT2D eigenvalue weighted by Gasteiger charge is 2.17. The highest BCUT2D eigenvalue weighted by molar-refractivity contribution is 5.76. The molecule has 0 radical (unpaired) electrons. The van der Waals surface area contributed by atoms with Crippen LogP contribution in [0.25, 0.3) is 0 Å². The first-order chi connectivity index (χ1) is 8.08. The Bertz CT molecular complexity index is 228. The zero-order valence-corrected chi connectivity index (χ0v) is 11.2. The summed E-state index contributed by atoms with van der Waals surface area (Å²) in [6.45, 7) is 5.27. The molecule has 5 nitrogen and oxygen atoms in total. The number of amides is 1. The van der Waals surface area contributed by atoms with Crippen molar-refractivity contribution in [3.05, 3.63) is 0 Å². The summed E-state index contributed by atoms with van der Waals surface area (Å²) in [6, 6.07) is 0.402. The summed E-state index contributed by atoms with van der Waals surface area (Å²) >= 11 is 0. The van der Waals surface area contributed by atoms with Crippen LogP contribution in [-0.4, -0.2) is 63.3 Å². The van der Waals surface area contributed by atoms with Gasteiger partial charge in [0.2, 0.25) is 5.91 Å². The monoisotopic (exact) mass is 243 g/mol. The Morgan fingerprint density at radius 3 is 2.94 bits per heavy atom. The van der Waals surface area contributed by atoms with Gasteiger partial charge < -0.3 is 20.3 Å². The van der Waals surface area contributed by atoms with Crippen LogP contribution in [-0.2, 0) is 9.53 Å². The van der Waals surface area contributed by atoms with E-state index in [4.69, 9.17) is 4.74 Å². The van der Waals surface area contributed by atoms with Crippen molar-refractivity contribution in [3.63, 3.8) is 0 Å². The molecule has 1 heterocycles. The van der Waals surface area contributed by atoms with Crippen molar-refractivity contribution in [1.29, 1.82) is 0 Å². The Morgan fingerprint density at radius 1 is 1.59 bits per heavy atom. The lowest BCUT2D eigenvalue weighted by atomic mass is 10.1. The number of hydrogen-bond donors (Lipinski definition) is 2. The Labute approximate surface area is 104 Å². The zero-order chi connectivity index (χ0) is 12.7. The number of nitrogens with one attached hydrogen (secondary N) is 2. The third kappa shape index (κ3) is 6.61. The molecule has 1 fully saturated rings. The summed E-state index contributed by atoms with van der Waals surface area (Å²) in [5, 5.41) is 6.30. The molecule has 2 N–H and O–H groups in total. The van der Waals surface area contributed by atoms with Gasteiger partial charge in [0.05, 0.1) is 13.2 Å². The number of hydrogen-bond acceptors (Lipinski definition) is 4. The summed E-state index contributed by atoms with van der Waals surface area (Å²) in [4.78, 5) is 13.9. The van der Waals surface area contributed by atoms with Crippen LogP contribution in [0.1, 0.15) is 19.8 Å². The van der Waals surface area contributed by atoms with Gasteiger partial charge in [-0.3, -0.25) is 4.79 Å². The average molecular weight is 243 g/mol. The van der Waals surface area contributed by atoms with Crippen LogP contribution in [0, 0.1) is 0 Å². The maximum absolute atomic E-state index is 11.7. The Balaban J connectivity index is 2.14. The molecule has 1 amide bonds. The van der Waals surface area contributed by atoms with E-state index >= 15 is 0 Å². The van der Waals surface area contributed by atoms with Crippen LogP contribution < -0.4 is 10.6 Å². The van der Waals surface area contributed by atoms with Gasteiger partial charge in [0.1, 0.15) is 0 Å². The molecule has 0 bridgehead atoms. The molecular formula is C12H25N3O2. The summed E-state index contributed by atoms with van der Waals surface area (Å²) < 4.78 is 5.32. The molecule has 1 aliphatic rings. The van der Waals surface area contributed by atoms with E-state index < -0.39 is 0 Å². The largest absolute Gasteiger partial charge is 0.378 e. The quantitative estimate of drug-likeness (QED) is 0.679. The zero-order valence-electron chi connectivity index (χ0n) is 11.2. The fourth-order valence-corrected chi connectivity index (χ4v) is 1.83. The summed E-state index contributed by atoms with van der Waals surface area (Å²) in [5.41, 5.74) is 0. The first kappa shape index (κ1) is 14.4. The minimum absolute atomic E-state index is 0.110. The second-order valence-electron chi connectivity index (χ2n) is 4.99. The average Bonchev–Trinajstić information content (AvgIpc) is 2.27. The van der Waals surface area contributed by atoms with E-state index in [9.17, 15) is 4.79 Å². The Hall–Kier alpha value is -0.650. The van der Waals surface area contributed by atoms with Gasteiger partial charge in [-0.2, -0.15) is 0 Å². The molecule has 0 aromatic heterocycles. The van der Waals surface area contributed by atoms with Crippen molar-refractivity contribution in [2.45, 2.75) is 31.8 Å².